The van der Waals surface area contributed by atoms with E-state index in [1.165, 1.54) is 6.07 Å². The van der Waals surface area contributed by atoms with Crippen LogP contribution in [0.4, 0.5) is 5.69 Å². The van der Waals surface area contributed by atoms with Crippen LogP contribution in [-0.4, -0.2) is 33.8 Å². The van der Waals surface area contributed by atoms with E-state index in [9.17, 15) is 14.9 Å². The minimum Gasteiger partial charge on any atom is -0.361 e. The van der Waals surface area contributed by atoms with Crippen molar-refractivity contribution < 1.29 is 9.72 Å². The van der Waals surface area contributed by atoms with E-state index in [4.69, 9.17) is 0 Å². The number of rotatable bonds is 2. The maximum Gasteiger partial charge on any atom is 0.270 e. The highest BCUT2D eigenvalue weighted by Gasteiger charge is 2.24. The number of non-ortho nitro benzene ring substituents is 1. The van der Waals surface area contributed by atoms with Crippen molar-refractivity contribution in [3.8, 4) is 0 Å². The third-order valence-electron chi connectivity index (χ3n) is 4.29. The summed E-state index contributed by atoms with van der Waals surface area (Å²) in [5.41, 5.74) is 2.16. The minimum absolute atomic E-state index is 0.114. The quantitative estimate of drug-likeness (QED) is 0.681. The number of amides is 1. The van der Waals surface area contributed by atoms with Crippen molar-refractivity contribution in [3.05, 3.63) is 40.1 Å². The van der Waals surface area contributed by atoms with Crippen molar-refractivity contribution in [2.24, 2.45) is 0 Å². The number of carbonyl (C=O) groups excluding carboxylic acids is 1. The SMILES string of the molecule is CC(=O)N1CCC(c2c[nH]c3ccc([N+](=O)[O-])cc23)CC1. The van der Waals surface area contributed by atoms with Gasteiger partial charge in [0.2, 0.25) is 5.91 Å². The van der Waals surface area contributed by atoms with Gasteiger partial charge in [0, 0.05) is 49.2 Å². The molecule has 1 aromatic heterocycles. The number of hydrogen-bond acceptors (Lipinski definition) is 3. The number of H-pyrrole nitrogens is 1. The van der Waals surface area contributed by atoms with Crippen LogP contribution in [0.1, 0.15) is 31.2 Å². The highest BCUT2D eigenvalue weighted by atomic mass is 16.6. The average Bonchev–Trinajstić information content (AvgIpc) is 2.90. The first-order valence-corrected chi connectivity index (χ1v) is 7.07. The van der Waals surface area contributed by atoms with Gasteiger partial charge >= 0.3 is 0 Å². The zero-order valence-electron chi connectivity index (χ0n) is 11.8. The number of aromatic amines is 1. The fraction of sp³-hybridized carbons (Fsp3) is 0.400. The summed E-state index contributed by atoms with van der Waals surface area (Å²) in [6, 6.07) is 4.90. The van der Waals surface area contributed by atoms with Crippen LogP contribution in [-0.2, 0) is 4.79 Å². The Morgan fingerprint density at radius 3 is 2.71 bits per heavy atom. The Morgan fingerprint density at radius 2 is 2.10 bits per heavy atom. The van der Waals surface area contributed by atoms with Crippen LogP contribution >= 0.6 is 0 Å². The van der Waals surface area contributed by atoms with Gasteiger partial charge in [-0.2, -0.15) is 0 Å². The van der Waals surface area contributed by atoms with E-state index < -0.39 is 0 Å². The molecule has 0 atom stereocenters. The van der Waals surface area contributed by atoms with E-state index in [-0.39, 0.29) is 16.5 Å². The Labute approximate surface area is 121 Å². The first-order chi connectivity index (χ1) is 10.1. The molecule has 0 unspecified atom stereocenters. The van der Waals surface area contributed by atoms with E-state index >= 15 is 0 Å². The molecule has 6 nitrogen and oxygen atoms in total. The lowest BCUT2D eigenvalue weighted by molar-refractivity contribution is -0.384. The largest absolute Gasteiger partial charge is 0.361 e. The van der Waals surface area contributed by atoms with Crippen LogP contribution in [0.3, 0.4) is 0 Å². The number of piperidine rings is 1. The minimum atomic E-state index is -0.366. The van der Waals surface area contributed by atoms with E-state index in [2.05, 4.69) is 4.98 Å². The zero-order valence-corrected chi connectivity index (χ0v) is 11.8. The summed E-state index contributed by atoms with van der Waals surface area (Å²) in [6.45, 7) is 3.10. The molecule has 0 aliphatic carbocycles. The van der Waals surface area contributed by atoms with Gasteiger partial charge in [0.25, 0.3) is 5.69 Å². The van der Waals surface area contributed by atoms with Crippen LogP contribution in [0.25, 0.3) is 10.9 Å². The van der Waals surface area contributed by atoms with Crippen LogP contribution in [0.15, 0.2) is 24.4 Å². The lowest BCUT2D eigenvalue weighted by Crippen LogP contribution is -2.36. The van der Waals surface area contributed by atoms with Gasteiger partial charge in [0.05, 0.1) is 4.92 Å². The first kappa shape index (κ1) is 13.6. The van der Waals surface area contributed by atoms with E-state index in [0.717, 1.165) is 42.4 Å². The summed E-state index contributed by atoms with van der Waals surface area (Å²) >= 11 is 0. The second-order valence-corrected chi connectivity index (χ2v) is 5.51. The molecule has 1 N–H and O–H groups in total. The number of nitrogens with one attached hydrogen (secondary N) is 1. The highest BCUT2D eigenvalue weighted by molar-refractivity contribution is 5.86. The second-order valence-electron chi connectivity index (χ2n) is 5.51. The number of hydrogen-bond donors (Lipinski definition) is 1. The topological polar surface area (TPSA) is 79.2 Å². The monoisotopic (exact) mass is 287 g/mol. The van der Waals surface area contributed by atoms with Gasteiger partial charge in [-0.3, -0.25) is 14.9 Å². The lowest BCUT2D eigenvalue weighted by Gasteiger charge is -2.31. The molecule has 1 fully saturated rings. The van der Waals surface area contributed by atoms with Gasteiger partial charge in [-0.15, -0.1) is 0 Å². The molecule has 1 aliphatic heterocycles. The Bertz CT molecular complexity index is 699. The molecule has 1 aliphatic rings. The van der Waals surface area contributed by atoms with Gasteiger partial charge in [0.15, 0.2) is 0 Å². The van der Waals surface area contributed by atoms with E-state index in [1.807, 2.05) is 11.1 Å². The standard InChI is InChI=1S/C15H17N3O3/c1-10(19)17-6-4-11(5-7-17)14-9-16-15-3-2-12(18(20)21)8-13(14)15/h2-3,8-9,11,16H,4-7H2,1H3. The molecular formula is C15H17N3O3. The number of carbonyl (C=O) groups is 1. The molecule has 6 heteroatoms. The van der Waals surface area contributed by atoms with Gasteiger partial charge in [-0.1, -0.05) is 0 Å². The van der Waals surface area contributed by atoms with Crippen LogP contribution in [0.5, 0.6) is 0 Å². The van der Waals surface area contributed by atoms with Crippen molar-refractivity contribution in [2.75, 3.05) is 13.1 Å². The molecule has 0 saturated carbocycles. The van der Waals surface area contributed by atoms with Crippen LogP contribution in [0, 0.1) is 10.1 Å². The number of benzene rings is 1. The predicted molar refractivity (Wildman–Crippen MR) is 79.2 cm³/mol. The molecule has 0 radical (unpaired) electrons. The van der Waals surface area contributed by atoms with Crippen molar-refractivity contribution in [3.63, 3.8) is 0 Å². The smallest absolute Gasteiger partial charge is 0.270 e. The third kappa shape index (κ3) is 2.49. The number of nitro benzene ring substituents is 1. The Hall–Kier alpha value is -2.37. The molecule has 0 bridgehead atoms. The summed E-state index contributed by atoms with van der Waals surface area (Å²) < 4.78 is 0. The summed E-state index contributed by atoms with van der Waals surface area (Å²) in [6.07, 6.45) is 3.74. The van der Waals surface area contributed by atoms with Crippen molar-refractivity contribution in [1.29, 1.82) is 0 Å². The lowest BCUT2D eigenvalue weighted by atomic mass is 9.89. The maximum atomic E-state index is 11.4. The Kier molecular flexibility index (Phi) is 3.37. The zero-order chi connectivity index (χ0) is 15.0. The van der Waals surface area contributed by atoms with Crippen molar-refractivity contribution >= 4 is 22.5 Å². The number of nitro groups is 1. The Balaban J connectivity index is 1.89. The summed E-state index contributed by atoms with van der Waals surface area (Å²) in [4.78, 5) is 27.0. The van der Waals surface area contributed by atoms with Crippen molar-refractivity contribution in [1.82, 2.24) is 9.88 Å². The molecule has 2 heterocycles. The number of nitrogens with zero attached hydrogens (tertiary/aromatic N) is 2. The van der Waals surface area contributed by atoms with Crippen LogP contribution in [0.2, 0.25) is 0 Å². The highest BCUT2D eigenvalue weighted by Crippen LogP contribution is 2.34. The first-order valence-electron chi connectivity index (χ1n) is 7.07. The summed E-state index contributed by atoms with van der Waals surface area (Å²) in [7, 11) is 0. The molecule has 0 spiro atoms. The third-order valence-corrected chi connectivity index (χ3v) is 4.29. The van der Waals surface area contributed by atoms with Gasteiger partial charge in [0.1, 0.15) is 0 Å². The molecule has 2 aromatic rings. The second kappa shape index (κ2) is 5.20. The fourth-order valence-electron chi connectivity index (χ4n) is 3.09. The molecule has 110 valence electrons. The molecule has 1 saturated heterocycles. The number of likely N-dealkylation sites (tertiary alicyclic amines) is 1. The van der Waals surface area contributed by atoms with Gasteiger partial charge in [-0.05, 0) is 30.4 Å². The summed E-state index contributed by atoms with van der Waals surface area (Å²) in [5, 5.41) is 11.8. The molecule has 21 heavy (non-hydrogen) atoms. The molecular weight excluding hydrogens is 270 g/mol. The predicted octanol–water partition coefficient (Wildman–Crippen LogP) is 2.80. The normalized spacial score (nSPS) is 16.3. The Morgan fingerprint density at radius 1 is 1.38 bits per heavy atom. The van der Waals surface area contributed by atoms with Gasteiger partial charge < -0.3 is 9.88 Å². The average molecular weight is 287 g/mol. The van der Waals surface area contributed by atoms with E-state index in [0.29, 0.717) is 5.92 Å². The summed E-state index contributed by atoms with van der Waals surface area (Å²) in [5.74, 6) is 0.458. The maximum absolute atomic E-state index is 11.4. The van der Waals surface area contributed by atoms with Crippen molar-refractivity contribution in [2.45, 2.75) is 25.7 Å². The number of aromatic nitrogens is 1. The van der Waals surface area contributed by atoms with Gasteiger partial charge in [-0.25, -0.2) is 0 Å². The van der Waals surface area contributed by atoms with Crippen LogP contribution < -0.4 is 0 Å². The molecule has 1 amide bonds. The van der Waals surface area contributed by atoms with E-state index in [1.54, 1.807) is 19.1 Å². The fourth-order valence-corrected chi connectivity index (χ4v) is 3.09. The molecule has 3 rings (SSSR count). The molecule has 1 aromatic carbocycles. The number of fused-ring (bicyclic) bond motifs is 1.